The summed E-state index contributed by atoms with van der Waals surface area (Å²) in [5, 5.41) is 2.81. The number of hydrogen-bond donors (Lipinski definition) is 1. The largest absolute Gasteiger partial charge is 0.352 e. The van der Waals surface area contributed by atoms with Gasteiger partial charge in [0.1, 0.15) is 0 Å². The lowest BCUT2D eigenvalue weighted by atomic mass is 10.1. The maximum absolute atomic E-state index is 12.8. The number of aryl methyl sites for hydroxylation is 1. The van der Waals surface area contributed by atoms with Gasteiger partial charge < -0.3 is 10.2 Å². The topological polar surface area (TPSA) is 86.8 Å². The molecule has 0 aliphatic carbocycles. The lowest BCUT2D eigenvalue weighted by Crippen LogP contribution is -2.55. The average molecular weight is 351 g/mol. The Kier molecular flexibility index (Phi) is 4.35. The third-order valence-corrected chi connectivity index (χ3v) is 6.30. The summed E-state index contributed by atoms with van der Waals surface area (Å²) >= 11 is 0. The monoisotopic (exact) mass is 351 g/mol. The molecule has 24 heavy (non-hydrogen) atoms. The van der Waals surface area contributed by atoms with E-state index >= 15 is 0 Å². The normalized spacial score (nSPS) is 24.8. The Morgan fingerprint density at radius 2 is 2.04 bits per heavy atom. The van der Waals surface area contributed by atoms with Gasteiger partial charge in [-0.1, -0.05) is 12.1 Å². The zero-order chi connectivity index (χ0) is 17.5. The third-order valence-electron chi connectivity index (χ3n) is 4.50. The summed E-state index contributed by atoms with van der Waals surface area (Å²) in [5.41, 5.74) is 0.854. The molecule has 0 unspecified atom stereocenters. The molecule has 2 heterocycles. The molecule has 130 valence electrons. The molecule has 2 saturated heterocycles. The van der Waals surface area contributed by atoms with E-state index in [0.29, 0.717) is 13.0 Å². The third kappa shape index (κ3) is 3.16. The smallest absolute Gasteiger partial charge is 0.243 e. The Hall–Kier alpha value is -1.93. The minimum absolute atomic E-state index is 0.113. The van der Waals surface area contributed by atoms with Crippen molar-refractivity contribution in [1.29, 1.82) is 0 Å². The molecule has 0 bridgehead atoms. The lowest BCUT2D eigenvalue weighted by molar-refractivity contribution is -0.135. The molecule has 2 aliphatic heterocycles. The number of benzene rings is 1. The molecule has 0 spiro atoms. The van der Waals surface area contributed by atoms with Gasteiger partial charge in [-0.15, -0.1) is 0 Å². The highest BCUT2D eigenvalue weighted by Gasteiger charge is 2.43. The summed E-state index contributed by atoms with van der Waals surface area (Å²) in [6, 6.07) is 6.38. The van der Waals surface area contributed by atoms with Gasteiger partial charge in [0, 0.05) is 32.1 Å². The Balaban J connectivity index is 1.80. The first-order valence-electron chi connectivity index (χ1n) is 7.91. The maximum atomic E-state index is 12.8. The summed E-state index contributed by atoms with van der Waals surface area (Å²) in [6.45, 7) is 3.82. The molecular formula is C16H21N3O4S. The van der Waals surface area contributed by atoms with E-state index in [2.05, 4.69) is 5.32 Å². The number of hydrogen-bond acceptors (Lipinski definition) is 4. The fraction of sp³-hybridized carbons (Fsp3) is 0.500. The molecule has 0 saturated carbocycles. The highest BCUT2D eigenvalue weighted by molar-refractivity contribution is 7.89. The summed E-state index contributed by atoms with van der Waals surface area (Å²) in [6.07, 6.45) is 0.575. The van der Waals surface area contributed by atoms with E-state index < -0.39 is 10.0 Å². The molecule has 7 nitrogen and oxygen atoms in total. The molecule has 2 atom stereocenters. The number of carbonyl (C=O) groups excluding carboxylic acids is 2. The van der Waals surface area contributed by atoms with Crippen molar-refractivity contribution in [1.82, 2.24) is 14.5 Å². The zero-order valence-electron chi connectivity index (χ0n) is 13.7. The van der Waals surface area contributed by atoms with Crippen LogP contribution in [0.4, 0.5) is 0 Å². The van der Waals surface area contributed by atoms with Gasteiger partial charge in [-0.2, -0.15) is 4.31 Å². The van der Waals surface area contributed by atoms with E-state index in [1.807, 2.05) is 13.0 Å². The second-order valence-electron chi connectivity index (χ2n) is 6.45. The number of piperazine rings is 1. The molecule has 8 heteroatoms. The molecule has 1 aromatic rings. The first-order valence-corrected chi connectivity index (χ1v) is 9.35. The number of fused-ring (bicyclic) bond motifs is 1. The predicted molar refractivity (Wildman–Crippen MR) is 87.7 cm³/mol. The van der Waals surface area contributed by atoms with E-state index in [1.165, 1.54) is 11.2 Å². The predicted octanol–water partition coefficient (Wildman–Crippen LogP) is 0.105. The summed E-state index contributed by atoms with van der Waals surface area (Å²) in [7, 11) is -3.70. The van der Waals surface area contributed by atoms with Crippen LogP contribution in [0.15, 0.2) is 29.2 Å². The molecule has 0 aromatic heterocycles. The van der Waals surface area contributed by atoms with Crippen molar-refractivity contribution >= 4 is 21.8 Å². The van der Waals surface area contributed by atoms with Gasteiger partial charge in [0.15, 0.2) is 0 Å². The fourth-order valence-corrected chi connectivity index (χ4v) is 4.97. The van der Waals surface area contributed by atoms with Crippen LogP contribution in [0.2, 0.25) is 0 Å². The quantitative estimate of drug-likeness (QED) is 0.837. The van der Waals surface area contributed by atoms with Crippen molar-refractivity contribution < 1.29 is 18.0 Å². The van der Waals surface area contributed by atoms with E-state index in [-0.39, 0.29) is 41.9 Å². The van der Waals surface area contributed by atoms with Crippen LogP contribution >= 0.6 is 0 Å². The van der Waals surface area contributed by atoms with Crippen LogP contribution in [0.1, 0.15) is 18.9 Å². The van der Waals surface area contributed by atoms with Gasteiger partial charge >= 0.3 is 0 Å². The van der Waals surface area contributed by atoms with Crippen molar-refractivity contribution in [3.05, 3.63) is 29.8 Å². The molecule has 2 fully saturated rings. The Labute approximate surface area is 141 Å². The SMILES string of the molecule is CC(=O)N[C@H]1C[C@H]2CN(S(=O)(=O)c3cccc(C)c3)CC(=O)N2C1. The van der Waals surface area contributed by atoms with Crippen molar-refractivity contribution in [2.75, 3.05) is 19.6 Å². The van der Waals surface area contributed by atoms with Crippen molar-refractivity contribution in [2.45, 2.75) is 37.2 Å². The van der Waals surface area contributed by atoms with Crippen molar-refractivity contribution in [3.63, 3.8) is 0 Å². The highest BCUT2D eigenvalue weighted by Crippen LogP contribution is 2.27. The van der Waals surface area contributed by atoms with Gasteiger partial charge in [-0.05, 0) is 31.0 Å². The molecule has 2 aliphatic rings. The van der Waals surface area contributed by atoms with Gasteiger partial charge in [0.25, 0.3) is 0 Å². The first-order chi connectivity index (χ1) is 11.3. The number of nitrogens with one attached hydrogen (secondary N) is 1. The number of rotatable bonds is 3. The molecule has 1 N–H and O–H groups in total. The zero-order valence-corrected chi connectivity index (χ0v) is 14.5. The van der Waals surface area contributed by atoms with Gasteiger partial charge in [0.2, 0.25) is 21.8 Å². The van der Waals surface area contributed by atoms with Gasteiger partial charge in [-0.3, -0.25) is 9.59 Å². The molecule has 1 aromatic carbocycles. The number of nitrogens with zero attached hydrogens (tertiary/aromatic N) is 2. The average Bonchev–Trinajstić information content (AvgIpc) is 2.89. The first kappa shape index (κ1) is 16.9. The summed E-state index contributed by atoms with van der Waals surface area (Å²) in [5.74, 6) is -0.355. The van der Waals surface area contributed by atoms with Gasteiger partial charge in [0.05, 0.1) is 11.4 Å². The van der Waals surface area contributed by atoms with Crippen molar-refractivity contribution in [3.8, 4) is 0 Å². The minimum atomic E-state index is -3.70. The van der Waals surface area contributed by atoms with Crippen LogP contribution < -0.4 is 5.32 Å². The summed E-state index contributed by atoms with van der Waals surface area (Å²) < 4.78 is 26.9. The fourth-order valence-electron chi connectivity index (χ4n) is 3.44. The molecule has 3 rings (SSSR count). The molecular weight excluding hydrogens is 330 g/mol. The lowest BCUT2D eigenvalue weighted by Gasteiger charge is -2.36. The van der Waals surface area contributed by atoms with E-state index in [9.17, 15) is 18.0 Å². The molecule has 2 amide bonds. The standard InChI is InChI=1S/C16H21N3O4S/c1-11-4-3-5-15(6-11)24(22,23)18-9-14-7-13(17-12(2)20)8-19(14)16(21)10-18/h3-6,13-14H,7-10H2,1-2H3,(H,17,20)/t13-,14-/m0/s1. The van der Waals surface area contributed by atoms with E-state index in [4.69, 9.17) is 0 Å². The van der Waals surface area contributed by atoms with Gasteiger partial charge in [-0.25, -0.2) is 8.42 Å². The minimum Gasteiger partial charge on any atom is -0.352 e. The Morgan fingerprint density at radius 1 is 1.29 bits per heavy atom. The number of sulfonamides is 1. The van der Waals surface area contributed by atoms with Crippen LogP contribution in [0, 0.1) is 6.92 Å². The van der Waals surface area contributed by atoms with Crippen LogP contribution in [0.5, 0.6) is 0 Å². The number of carbonyl (C=O) groups is 2. The van der Waals surface area contributed by atoms with E-state index in [0.717, 1.165) is 5.56 Å². The van der Waals surface area contributed by atoms with Crippen LogP contribution in [0.3, 0.4) is 0 Å². The number of amides is 2. The van der Waals surface area contributed by atoms with Crippen LogP contribution in [-0.2, 0) is 19.6 Å². The Bertz CT molecular complexity index is 777. The second-order valence-corrected chi connectivity index (χ2v) is 8.39. The maximum Gasteiger partial charge on any atom is 0.243 e. The summed E-state index contributed by atoms with van der Waals surface area (Å²) in [4.78, 5) is 25.5. The van der Waals surface area contributed by atoms with Crippen LogP contribution in [-0.4, -0.2) is 61.2 Å². The second kappa shape index (κ2) is 6.18. The highest BCUT2D eigenvalue weighted by atomic mass is 32.2. The van der Waals surface area contributed by atoms with E-state index in [1.54, 1.807) is 23.1 Å². The Morgan fingerprint density at radius 3 is 2.71 bits per heavy atom. The molecule has 0 radical (unpaired) electrons. The van der Waals surface area contributed by atoms with Crippen LogP contribution in [0.25, 0.3) is 0 Å². The van der Waals surface area contributed by atoms with Crippen molar-refractivity contribution in [2.24, 2.45) is 0 Å².